The van der Waals surface area contributed by atoms with E-state index in [-0.39, 0.29) is 46.1 Å². The van der Waals surface area contributed by atoms with Gasteiger partial charge in [-0.15, -0.1) is 0 Å². The molecule has 1 atom stereocenters. The van der Waals surface area contributed by atoms with Crippen molar-refractivity contribution in [1.29, 1.82) is 0 Å². The Balaban J connectivity index is 1.16. The zero-order chi connectivity index (χ0) is 24.5. The smallest absolute Gasteiger partial charge is 0.273 e. The van der Waals surface area contributed by atoms with E-state index in [1.165, 1.54) is 30.3 Å². The van der Waals surface area contributed by atoms with Crippen LogP contribution in [0.2, 0.25) is 0 Å². The number of halogens is 3. The Bertz CT molecular complexity index is 1230. The van der Waals surface area contributed by atoms with Crippen LogP contribution in [0.4, 0.5) is 13.2 Å². The first-order valence-electron chi connectivity index (χ1n) is 12.2. The van der Waals surface area contributed by atoms with E-state index in [2.05, 4.69) is 9.88 Å². The van der Waals surface area contributed by atoms with Crippen LogP contribution in [0.25, 0.3) is 10.9 Å². The predicted octanol–water partition coefficient (Wildman–Crippen LogP) is 5.17. The van der Waals surface area contributed by atoms with Crippen LogP contribution in [0.1, 0.15) is 53.0 Å². The van der Waals surface area contributed by atoms with Crippen LogP contribution in [0, 0.1) is 23.4 Å². The molecule has 5 nitrogen and oxygen atoms in total. The van der Waals surface area contributed by atoms with E-state index in [4.69, 9.17) is 0 Å². The number of amides is 1. The first kappa shape index (κ1) is 23.6. The van der Waals surface area contributed by atoms with Gasteiger partial charge >= 0.3 is 0 Å². The van der Waals surface area contributed by atoms with Gasteiger partial charge < -0.3 is 14.8 Å². The zero-order valence-corrected chi connectivity index (χ0v) is 19.4. The Morgan fingerprint density at radius 2 is 1.63 bits per heavy atom. The molecule has 2 saturated heterocycles. The van der Waals surface area contributed by atoms with Gasteiger partial charge in [-0.1, -0.05) is 0 Å². The Kier molecular flexibility index (Phi) is 6.65. The standard InChI is InChI=1S/C27H28F3N3O2/c28-19-5-3-17(4-6-19)26(34)18-9-13-32(14-10-18)15-11-21-2-1-12-33(21)27(35)25-24(30)22-8-7-20(29)16-23(22)31-25/h3-8,16,18,21,31H,1-2,9-15H2. The van der Waals surface area contributed by atoms with E-state index in [0.29, 0.717) is 12.1 Å². The van der Waals surface area contributed by atoms with Crippen LogP contribution in [0.5, 0.6) is 0 Å². The van der Waals surface area contributed by atoms with E-state index in [1.807, 2.05) is 0 Å². The first-order valence-corrected chi connectivity index (χ1v) is 12.2. The molecule has 3 aromatic rings. The normalized spacial score (nSPS) is 19.5. The maximum Gasteiger partial charge on any atom is 0.273 e. The van der Waals surface area contributed by atoms with Crippen molar-refractivity contribution < 1.29 is 22.8 Å². The number of ketones is 1. The number of piperidine rings is 1. The van der Waals surface area contributed by atoms with Crippen molar-refractivity contribution in [3.8, 4) is 0 Å². The summed E-state index contributed by atoms with van der Waals surface area (Å²) in [7, 11) is 0. The van der Waals surface area contributed by atoms with Crippen molar-refractivity contribution >= 4 is 22.6 Å². The Morgan fingerprint density at radius 3 is 2.37 bits per heavy atom. The zero-order valence-electron chi connectivity index (χ0n) is 19.4. The highest BCUT2D eigenvalue weighted by atomic mass is 19.1. The summed E-state index contributed by atoms with van der Waals surface area (Å²) < 4.78 is 41.5. The Labute approximate surface area is 201 Å². The van der Waals surface area contributed by atoms with E-state index in [1.54, 1.807) is 17.0 Å². The molecule has 0 spiro atoms. The second-order valence-electron chi connectivity index (χ2n) is 9.57. The molecule has 35 heavy (non-hydrogen) atoms. The molecule has 2 fully saturated rings. The van der Waals surface area contributed by atoms with Crippen molar-refractivity contribution in [1.82, 2.24) is 14.8 Å². The van der Waals surface area contributed by atoms with Crippen LogP contribution in [-0.4, -0.2) is 58.7 Å². The molecular formula is C27H28F3N3O2. The summed E-state index contributed by atoms with van der Waals surface area (Å²) in [4.78, 5) is 32.7. The summed E-state index contributed by atoms with van der Waals surface area (Å²) in [6.07, 6.45) is 4.00. The van der Waals surface area contributed by atoms with Gasteiger partial charge in [0, 0.05) is 36.0 Å². The number of carbonyl (C=O) groups excluding carboxylic acids is 2. The van der Waals surface area contributed by atoms with E-state index < -0.39 is 11.6 Å². The number of hydrogen-bond donors (Lipinski definition) is 1. The third-order valence-electron chi connectivity index (χ3n) is 7.41. The lowest BCUT2D eigenvalue weighted by Crippen LogP contribution is -2.41. The molecule has 1 N–H and O–H groups in total. The van der Waals surface area contributed by atoms with Gasteiger partial charge in [0.05, 0.1) is 5.52 Å². The van der Waals surface area contributed by atoms with Crippen LogP contribution >= 0.6 is 0 Å². The summed E-state index contributed by atoms with van der Waals surface area (Å²) in [6, 6.07) is 9.46. The monoisotopic (exact) mass is 483 g/mol. The SMILES string of the molecule is O=C(c1ccc(F)cc1)C1CCN(CCC2CCCN2C(=O)c2[nH]c3cc(F)ccc3c2F)CC1. The van der Waals surface area contributed by atoms with Crippen molar-refractivity contribution in [3.05, 3.63) is 71.2 Å². The summed E-state index contributed by atoms with van der Waals surface area (Å²) in [5, 5.41) is 0.212. The number of H-pyrrole nitrogens is 1. The molecule has 1 aromatic heterocycles. The number of Topliss-reactive ketones (excluding diaryl/α,β-unsaturated/α-hetero) is 1. The molecule has 2 aromatic carbocycles. The largest absolute Gasteiger partial charge is 0.348 e. The second kappa shape index (κ2) is 9.85. The van der Waals surface area contributed by atoms with Gasteiger partial charge in [-0.25, -0.2) is 13.2 Å². The topological polar surface area (TPSA) is 56.4 Å². The maximum absolute atomic E-state index is 14.9. The summed E-state index contributed by atoms with van der Waals surface area (Å²) in [5.74, 6) is -1.85. The van der Waals surface area contributed by atoms with Gasteiger partial charge in [0.1, 0.15) is 17.3 Å². The van der Waals surface area contributed by atoms with Gasteiger partial charge in [-0.3, -0.25) is 9.59 Å². The lowest BCUT2D eigenvalue weighted by Gasteiger charge is -2.33. The molecule has 0 aliphatic carbocycles. The van der Waals surface area contributed by atoms with E-state index in [9.17, 15) is 22.8 Å². The quantitative estimate of drug-likeness (QED) is 0.492. The number of benzene rings is 2. The number of aromatic nitrogens is 1. The molecular weight excluding hydrogens is 455 g/mol. The molecule has 8 heteroatoms. The number of aromatic amines is 1. The second-order valence-corrected chi connectivity index (χ2v) is 9.57. The Morgan fingerprint density at radius 1 is 0.914 bits per heavy atom. The number of likely N-dealkylation sites (tertiary alicyclic amines) is 2. The summed E-state index contributed by atoms with van der Waals surface area (Å²) in [5.41, 5.74) is 0.717. The first-order chi connectivity index (χ1) is 16.9. The lowest BCUT2D eigenvalue weighted by atomic mass is 9.88. The molecule has 2 aliphatic rings. The fourth-order valence-corrected chi connectivity index (χ4v) is 5.43. The molecule has 0 radical (unpaired) electrons. The van der Waals surface area contributed by atoms with Gasteiger partial charge in [0.25, 0.3) is 5.91 Å². The molecule has 1 unspecified atom stereocenters. The van der Waals surface area contributed by atoms with Crippen molar-refractivity contribution in [2.45, 2.75) is 38.1 Å². The number of carbonyl (C=O) groups is 2. The number of nitrogens with one attached hydrogen (secondary N) is 1. The van der Waals surface area contributed by atoms with Gasteiger partial charge in [0.15, 0.2) is 11.6 Å². The van der Waals surface area contributed by atoms with Crippen molar-refractivity contribution in [2.75, 3.05) is 26.2 Å². The number of hydrogen-bond acceptors (Lipinski definition) is 3. The highest BCUT2D eigenvalue weighted by molar-refractivity contribution is 5.99. The van der Waals surface area contributed by atoms with Gasteiger partial charge in [0.2, 0.25) is 0 Å². The minimum absolute atomic E-state index is 0.0172. The fourth-order valence-electron chi connectivity index (χ4n) is 5.43. The maximum atomic E-state index is 14.9. The highest BCUT2D eigenvalue weighted by Gasteiger charge is 2.33. The Hall–Kier alpha value is -3.13. The third-order valence-corrected chi connectivity index (χ3v) is 7.41. The van der Waals surface area contributed by atoms with E-state index >= 15 is 0 Å². The highest BCUT2D eigenvalue weighted by Crippen LogP contribution is 2.28. The number of nitrogens with zero attached hydrogens (tertiary/aromatic N) is 2. The summed E-state index contributed by atoms with van der Waals surface area (Å²) >= 11 is 0. The number of rotatable bonds is 6. The molecule has 2 aliphatic heterocycles. The molecule has 5 rings (SSSR count). The van der Waals surface area contributed by atoms with Crippen LogP contribution in [-0.2, 0) is 0 Å². The fraction of sp³-hybridized carbons (Fsp3) is 0.407. The minimum atomic E-state index is -0.636. The van der Waals surface area contributed by atoms with E-state index in [0.717, 1.165) is 51.7 Å². The lowest BCUT2D eigenvalue weighted by molar-refractivity contribution is 0.0696. The molecule has 3 heterocycles. The molecule has 0 bridgehead atoms. The van der Waals surface area contributed by atoms with Gasteiger partial charge in [-0.2, -0.15) is 0 Å². The molecule has 1 amide bonds. The number of fused-ring (bicyclic) bond motifs is 1. The van der Waals surface area contributed by atoms with Crippen LogP contribution < -0.4 is 0 Å². The van der Waals surface area contributed by atoms with Crippen LogP contribution in [0.3, 0.4) is 0 Å². The van der Waals surface area contributed by atoms with Gasteiger partial charge in [-0.05, 0) is 87.7 Å². The third kappa shape index (κ3) is 4.85. The van der Waals surface area contributed by atoms with Crippen molar-refractivity contribution in [2.24, 2.45) is 5.92 Å². The molecule has 0 saturated carbocycles. The average molecular weight is 484 g/mol. The summed E-state index contributed by atoms with van der Waals surface area (Å²) in [6.45, 7) is 2.95. The van der Waals surface area contributed by atoms with Crippen LogP contribution in [0.15, 0.2) is 42.5 Å². The minimum Gasteiger partial charge on any atom is -0.348 e. The molecule has 184 valence electrons. The average Bonchev–Trinajstić information content (AvgIpc) is 3.47. The predicted molar refractivity (Wildman–Crippen MR) is 127 cm³/mol. The van der Waals surface area contributed by atoms with Crippen molar-refractivity contribution in [3.63, 3.8) is 0 Å².